The summed E-state index contributed by atoms with van der Waals surface area (Å²) in [5, 5.41) is 12.5. The van der Waals surface area contributed by atoms with Crippen LogP contribution in [0.15, 0.2) is 24.5 Å². The second kappa shape index (κ2) is 6.88. The molecule has 0 saturated heterocycles. The van der Waals surface area contributed by atoms with E-state index >= 15 is 0 Å². The number of rotatable bonds is 6. The number of nitrogens with zero attached hydrogens (tertiary/aromatic N) is 2. The van der Waals surface area contributed by atoms with Gasteiger partial charge in [-0.3, -0.25) is 9.89 Å². The third-order valence-corrected chi connectivity index (χ3v) is 3.01. The van der Waals surface area contributed by atoms with Crippen molar-refractivity contribution in [3.05, 3.63) is 35.8 Å². The molecule has 21 heavy (non-hydrogen) atoms. The maximum atomic E-state index is 12.3. The lowest BCUT2D eigenvalue weighted by molar-refractivity contribution is 0.102. The Kier molecular flexibility index (Phi) is 4.92. The second-order valence-corrected chi connectivity index (χ2v) is 5.19. The Balaban J connectivity index is 2.23. The van der Waals surface area contributed by atoms with E-state index in [4.69, 9.17) is 0 Å². The van der Waals surface area contributed by atoms with Crippen molar-refractivity contribution in [2.24, 2.45) is 0 Å². The predicted octanol–water partition coefficient (Wildman–Crippen LogP) is 3.00. The highest BCUT2D eigenvalue weighted by atomic mass is 16.1. The van der Waals surface area contributed by atoms with Gasteiger partial charge < -0.3 is 10.6 Å². The van der Waals surface area contributed by atoms with E-state index in [1.807, 2.05) is 6.07 Å². The first-order chi connectivity index (χ1) is 10.1. The zero-order chi connectivity index (χ0) is 15.2. The van der Waals surface area contributed by atoms with E-state index in [2.05, 4.69) is 46.6 Å². The summed E-state index contributed by atoms with van der Waals surface area (Å²) >= 11 is 0. The van der Waals surface area contributed by atoms with Gasteiger partial charge in [0, 0.05) is 24.0 Å². The van der Waals surface area contributed by atoms with Gasteiger partial charge in [0.1, 0.15) is 5.82 Å². The highest BCUT2D eigenvalue weighted by Crippen LogP contribution is 2.18. The number of carbonyl (C=O) groups excluding carboxylic acids is 1. The maximum Gasteiger partial charge on any atom is 0.255 e. The Hall–Kier alpha value is -2.37. The monoisotopic (exact) mass is 287 g/mol. The fourth-order valence-corrected chi connectivity index (χ4v) is 1.84. The maximum absolute atomic E-state index is 12.3. The standard InChI is InChI=1S/C15H21N5O/c1-4-5-16-14-7-11(6-13(20-14)10(2)3)15(21)19-12-8-17-18-9-12/h6-10H,4-5H2,1-3H3,(H,16,20)(H,17,18)(H,19,21). The van der Waals surface area contributed by atoms with Crippen LogP contribution in [0, 0.1) is 0 Å². The molecule has 0 aliphatic rings. The molecule has 0 aromatic carbocycles. The molecule has 6 nitrogen and oxygen atoms in total. The van der Waals surface area contributed by atoms with Crippen LogP contribution >= 0.6 is 0 Å². The van der Waals surface area contributed by atoms with Gasteiger partial charge in [-0.15, -0.1) is 0 Å². The molecule has 3 N–H and O–H groups in total. The number of carbonyl (C=O) groups is 1. The summed E-state index contributed by atoms with van der Waals surface area (Å²) in [4.78, 5) is 16.8. The lowest BCUT2D eigenvalue weighted by Gasteiger charge is -2.12. The molecule has 0 aliphatic carbocycles. The lowest BCUT2D eigenvalue weighted by Crippen LogP contribution is -2.14. The molecule has 2 heterocycles. The number of aromatic amines is 1. The number of hydrogen-bond acceptors (Lipinski definition) is 4. The number of aromatic nitrogens is 3. The average Bonchev–Trinajstić information content (AvgIpc) is 2.97. The second-order valence-electron chi connectivity index (χ2n) is 5.19. The SMILES string of the molecule is CCCNc1cc(C(=O)Nc2cn[nH]c2)cc(C(C)C)n1. The molecule has 0 spiro atoms. The first-order valence-corrected chi connectivity index (χ1v) is 7.16. The molecule has 0 bridgehead atoms. The number of anilines is 2. The summed E-state index contributed by atoms with van der Waals surface area (Å²) in [6, 6.07) is 3.61. The van der Waals surface area contributed by atoms with Crippen LogP contribution in [0.2, 0.25) is 0 Å². The van der Waals surface area contributed by atoms with Gasteiger partial charge in [-0.1, -0.05) is 20.8 Å². The summed E-state index contributed by atoms with van der Waals surface area (Å²) in [5.41, 5.74) is 2.13. The van der Waals surface area contributed by atoms with Crippen molar-refractivity contribution in [1.29, 1.82) is 0 Å². The van der Waals surface area contributed by atoms with Gasteiger partial charge in [0.25, 0.3) is 5.91 Å². The van der Waals surface area contributed by atoms with Crippen molar-refractivity contribution >= 4 is 17.4 Å². The van der Waals surface area contributed by atoms with E-state index in [1.54, 1.807) is 18.5 Å². The normalized spacial score (nSPS) is 10.7. The molecule has 0 aliphatic heterocycles. The van der Waals surface area contributed by atoms with Crippen LogP contribution in [-0.4, -0.2) is 27.6 Å². The number of amides is 1. The highest BCUT2D eigenvalue weighted by Gasteiger charge is 2.12. The Morgan fingerprint density at radius 1 is 1.38 bits per heavy atom. The van der Waals surface area contributed by atoms with Crippen molar-refractivity contribution in [3.8, 4) is 0 Å². The smallest absolute Gasteiger partial charge is 0.255 e. The summed E-state index contributed by atoms with van der Waals surface area (Å²) < 4.78 is 0. The van der Waals surface area contributed by atoms with Gasteiger partial charge in [0.2, 0.25) is 0 Å². The molecule has 0 atom stereocenters. The fourth-order valence-electron chi connectivity index (χ4n) is 1.84. The molecular weight excluding hydrogens is 266 g/mol. The predicted molar refractivity (Wildman–Crippen MR) is 83.6 cm³/mol. The van der Waals surface area contributed by atoms with E-state index in [9.17, 15) is 4.79 Å². The van der Waals surface area contributed by atoms with Crippen LogP contribution < -0.4 is 10.6 Å². The molecule has 2 aromatic heterocycles. The van der Waals surface area contributed by atoms with Crippen LogP contribution in [0.5, 0.6) is 0 Å². The third kappa shape index (κ3) is 4.05. The number of nitrogens with one attached hydrogen (secondary N) is 3. The Labute approximate surface area is 124 Å². The van der Waals surface area contributed by atoms with Crippen molar-refractivity contribution in [2.75, 3.05) is 17.2 Å². The molecule has 0 radical (unpaired) electrons. The molecule has 0 fully saturated rings. The van der Waals surface area contributed by atoms with Gasteiger partial charge in [-0.2, -0.15) is 5.10 Å². The van der Waals surface area contributed by atoms with E-state index in [-0.39, 0.29) is 11.8 Å². The largest absolute Gasteiger partial charge is 0.370 e. The minimum absolute atomic E-state index is 0.166. The van der Waals surface area contributed by atoms with Crippen LogP contribution in [0.25, 0.3) is 0 Å². The quantitative estimate of drug-likeness (QED) is 0.762. The van der Waals surface area contributed by atoms with Gasteiger partial charge >= 0.3 is 0 Å². The number of hydrogen-bond donors (Lipinski definition) is 3. The molecule has 6 heteroatoms. The molecular formula is C15H21N5O. The molecule has 112 valence electrons. The van der Waals surface area contributed by atoms with Crippen molar-refractivity contribution in [2.45, 2.75) is 33.1 Å². The van der Waals surface area contributed by atoms with E-state index < -0.39 is 0 Å². The third-order valence-electron chi connectivity index (χ3n) is 3.01. The van der Waals surface area contributed by atoms with Crippen LogP contribution in [0.4, 0.5) is 11.5 Å². The zero-order valence-corrected chi connectivity index (χ0v) is 12.6. The Morgan fingerprint density at radius 2 is 2.19 bits per heavy atom. The van der Waals surface area contributed by atoms with E-state index in [0.717, 1.165) is 24.5 Å². The zero-order valence-electron chi connectivity index (χ0n) is 12.6. The number of H-pyrrole nitrogens is 1. The van der Waals surface area contributed by atoms with Gasteiger partial charge in [-0.05, 0) is 24.5 Å². The Morgan fingerprint density at radius 3 is 2.81 bits per heavy atom. The summed E-state index contributed by atoms with van der Waals surface area (Å²) in [7, 11) is 0. The topological polar surface area (TPSA) is 82.7 Å². The fraction of sp³-hybridized carbons (Fsp3) is 0.400. The van der Waals surface area contributed by atoms with Crippen molar-refractivity contribution in [3.63, 3.8) is 0 Å². The van der Waals surface area contributed by atoms with E-state index in [1.165, 1.54) is 0 Å². The highest BCUT2D eigenvalue weighted by molar-refractivity contribution is 6.04. The summed E-state index contributed by atoms with van der Waals surface area (Å²) in [6.45, 7) is 7.04. The van der Waals surface area contributed by atoms with Crippen molar-refractivity contribution < 1.29 is 4.79 Å². The number of pyridine rings is 1. The lowest BCUT2D eigenvalue weighted by atomic mass is 10.1. The van der Waals surface area contributed by atoms with Crippen LogP contribution in [-0.2, 0) is 0 Å². The first-order valence-electron chi connectivity index (χ1n) is 7.16. The van der Waals surface area contributed by atoms with Crippen molar-refractivity contribution in [1.82, 2.24) is 15.2 Å². The van der Waals surface area contributed by atoms with Crippen LogP contribution in [0.3, 0.4) is 0 Å². The molecule has 2 aromatic rings. The molecule has 0 unspecified atom stereocenters. The summed E-state index contributed by atoms with van der Waals surface area (Å²) in [6.07, 6.45) is 4.21. The minimum Gasteiger partial charge on any atom is -0.370 e. The van der Waals surface area contributed by atoms with Gasteiger partial charge in [0.05, 0.1) is 11.9 Å². The van der Waals surface area contributed by atoms with E-state index in [0.29, 0.717) is 11.3 Å². The summed E-state index contributed by atoms with van der Waals surface area (Å²) in [5.74, 6) is 0.828. The minimum atomic E-state index is -0.166. The molecule has 2 rings (SSSR count). The molecule has 1 amide bonds. The first kappa shape index (κ1) is 15.0. The Bertz CT molecular complexity index is 592. The average molecular weight is 287 g/mol. The van der Waals surface area contributed by atoms with Gasteiger partial charge in [-0.25, -0.2) is 4.98 Å². The molecule has 0 saturated carbocycles. The van der Waals surface area contributed by atoms with Crippen LogP contribution in [0.1, 0.15) is 49.2 Å². The van der Waals surface area contributed by atoms with Gasteiger partial charge in [0.15, 0.2) is 0 Å².